The number of piperazine rings is 1. The summed E-state index contributed by atoms with van der Waals surface area (Å²) < 4.78 is 5.22. The Morgan fingerprint density at radius 3 is 2.57 bits per heavy atom. The van der Waals surface area contributed by atoms with Crippen LogP contribution in [0.5, 0.6) is 0 Å². The summed E-state index contributed by atoms with van der Waals surface area (Å²) in [6.07, 6.45) is 1.85. The fraction of sp³-hybridized carbons (Fsp3) is 0.429. The van der Waals surface area contributed by atoms with Crippen LogP contribution in [-0.4, -0.2) is 55.7 Å². The van der Waals surface area contributed by atoms with Gasteiger partial charge >= 0.3 is 0 Å². The molecule has 28 heavy (non-hydrogen) atoms. The molecule has 0 aliphatic carbocycles. The third-order valence-corrected chi connectivity index (χ3v) is 4.60. The van der Waals surface area contributed by atoms with Crippen molar-refractivity contribution in [3.05, 3.63) is 59.8 Å². The first kappa shape index (κ1) is 22.4. The number of aromatic nitrogens is 1. The zero-order valence-corrected chi connectivity index (χ0v) is 19.0. The quantitative estimate of drug-likeness (QED) is 0.379. The number of pyridine rings is 1. The fourth-order valence-electron chi connectivity index (χ4n) is 3.26. The number of benzene rings is 1. The first-order valence-electron chi connectivity index (χ1n) is 9.56. The minimum atomic E-state index is 0. The number of halogens is 1. The molecular weight excluding hydrogens is 465 g/mol. The molecule has 6 nitrogen and oxygen atoms in total. The van der Waals surface area contributed by atoms with Gasteiger partial charge in [0.25, 0.3) is 0 Å². The number of nitrogens with one attached hydrogen (secondary N) is 1. The van der Waals surface area contributed by atoms with E-state index in [0.29, 0.717) is 13.2 Å². The molecule has 3 rings (SSSR count). The molecule has 7 heteroatoms. The first-order valence-corrected chi connectivity index (χ1v) is 9.56. The second kappa shape index (κ2) is 11.9. The van der Waals surface area contributed by atoms with Gasteiger partial charge in [0.15, 0.2) is 5.96 Å². The Balaban J connectivity index is 0.00000280. The number of hydrogen-bond acceptors (Lipinski definition) is 4. The molecule has 0 radical (unpaired) electrons. The van der Waals surface area contributed by atoms with E-state index >= 15 is 0 Å². The Hall–Kier alpha value is -1.87. The molecule has 1 saturated heterocycles. The van der Waals surface area contributed by atoms with E-state index in [2.05, 4.69) is 57.4 Å². The van der Waals surface area contributed by atoms with Gasteiger partial charge in [0, 0.05) is 46.0 Å². The summed E-state index contributed by atoms with van der Waals surface area (Å²) in [5.74, 6) is 2.03. The van der Waals surface area contributed by atoms with Crippen molar-refractivity contribution in [1.82, 2.24) is 15.2 Å². The van der Waals surface area contributed by atoms with E-state index < -0.39 is 0 Å². The normalized spacial score (nSPS) is 14.6. The van der Waals surface area contributed by atoms with Crippen LogP contribution in [0.15, 0.2) is 53.7 Å². The van der Waals surface area contributed by atoms with E-state index in [0.717, 1.165) is 44.5 Å². The molecule has 0 spiro atoms. The smallest absolute Gasteiger partial charge is 0.194 e. The van der Waals surface area contributed by atoms with Gasteiger partial charge in [-0.1, -0.05) is 30.3 Å². The van der Waals surface area contributed by atoms with E-state index in [1.165, 1.54) is 11.1 Å². The first-order chi connectivity index (χ1) is 13.3. The number of guanidine groups is 1. The van der Waals surface area contributed by atoms with Gasteiger partial charge in [-0.15, -0.1) is 24.0 Å². The number of ether oxygens (including phenoxy) is 1. The molecule has 2 heterocycles. The molecule has 1 fully saturated rings. The lowest BCUT2D eigenvalue weighted by Crippen LogP contribution is -2.52. The van der Waals surface area contributed by atoms with Crippen LogP contribution in [0.25, 0.3) is 0 Å². The van der Waals surface area contributed by atoms with Crippen LogP contribution in [0.4, 0.5) is 5.82 Å². The van der Waals surface area contributed by atoms with Gasteiger partial charge in [-0.05, 0) is 30.2 Å². The Morgan fingerprint density at radius 2 is 1.89 bits per heavy atom. The third kappa shape index (κ3) is 6.34. The number of anilines is 1. The second-order valence-corrected chi connectivity index (χ2v) is 6.59. The van der Waals surface area contributed by atoms with Crippen molar-refractivity contribution in [2.75, 3.05) is 44.7 Å². The number of methoxy groups -OCH3 is 1. The van der Waals surface area contributed by atoms with Crippen LogP contribution in [-0.2, 0) is 17.9 Å². The van der Waals surface area contributed by atoms with E-state index in [4.69, 9.17) is 9.73 Å². The lowest BCUT2D eigenvalue weighted by atomic mass is 10.1. The summed E-state index contributed by atoms with van der Waals surface area (Å²) in [4.78, 5) is 14.0. The number of hydrogen-bond donors (Lipinski definition) is 1. The number of aliphatic imine (C=N–C) groups is 1. The Bertz CT molecular complexity index is 733. The monoisotopic (exact) mass is 495 g/mol. The second-order valence-electron chi connectivity index (χ2n) is 6.59. The van der Waals surface area contributed by atoms with Gasteiger partial charge in [0.2, 0.25) is 0 Å². The van der Waals surface area contributed by atoms with Crippen molar-refractivity contribution in [1.29, 1.82) is 0 Å². The summed E-state index contributed by atoms with van der Waals surface area (Å²) in [7, 11) is 1.72. The van der Waals surface area contributed by atoms with Crippen LogP contribution in [0.1, 0.15) is 18.1 Å². The van der Waals surface area contributed by atoms with Crippen molar-refractivity contribution in [3.63, 3.8) is 0 Å². The molecule has 0 unspecified atom stereocenters. The summed E-state index contributed by atoms with van der Waals surface area (Å²) in [6, 6.07) is 14.5. The van der Waals surface area contributed by atoms with Crippen molar-refractivity contribution in [3.8, 4) is 0 Å². The maximum atomic E-state index is 5.22. The minimum Gasteiger partial charge on any atom is -0.380 e. The maximum absolute atomic E-state index is 5.22. The van der Waals surface area contributed by atoms with Crippen molar-refractivity contribution in [2.24, 2.45) is 4.99 Å². The Kier molecular flexibility index (Phi) is 9.49. The topological polar surface area (TPSA) is 53.0 Å². The lowest BCUT2D eigenvalue weighted by molar-refractivity contribution is 0.185. The van der Waals surface area contributed by atoms with E-state index in [1.54, 1.807) is 7.11 Å². The predicted molar refractivity (Wildman–Crippen MR) is 125 cm³/mol. The average Bonchev–Trinajstić information content (AvgIpc) is 2.72. The molecule has 1 N–H and O–H groups in total. The molecule has 152 valence electrons. The summed E-state index contributed by atoms with van der Waals surface area (Å²) in [5, 5.41) is 3.43. The summed E-state index contributed by atoms with van der Waals surface area (Å²) in [6.45, 7) is 8.04. The van der Waals surface area contributed by atoms with Gasteiger partial charge < -0.3 is 19.9 Å². The Labute approximate surface area is 185 Å². The molecule has 1 aromatic heterocycles. The van der Waals surface area contributed by atoms with Crippen LogP contribution >= 0.6 is 24.0 Å². The van der Waals surface area contributed by atoms with E-state index in [1.807, 2.05) is 18.3 Å². The highest BCUT2D eigenvalue weighted by Gasteiger charge is 2.20. The van der Waals surface area contributed by atoms with Crippen LogP contribution in [0.3, 0.4) is 0 Å². The highest BCUT2D eigenvalue weighted by molar-refractivity contribution is 14.0. The highest BCUT2D eigenvalue weighted by atomic mass is 127. The molecule has 1 aliphatic heterocycles. The molecule has 0 atom stereocenters. The third-order valence-electron chi connectivity index (χ3n) is 4.60. The van der Waals surface area contributed by atoms with Crippen LogP contribution in [0.2, 0.25) is 0 Å². The standard InChI is InChI=1S/C21H29N5O.HI/c1-3-22-21(24-16-18-7-6-8-19(15-18)17-27-2)26-13-11-25(12-14-26)20-9-4-5-10-23-20;/h4-10,15H,3,11-14,16-17H2,1-2H3,(H,22,24);1H. The van der Waals surface area contributed by atoms with Gasteiger partial charge in [-0.3, -0.25) is 0 Å². The minimum absolute atomic E-state index is 0. The molecule has 1 aromatic carbocycles. The maximum Gasteiger partial charge on any atom is 0.194 e. The molecule has 0 bridgehead atoms. The fourth-order valence-corrected chi connectivity index (χ4v) is 3.26. The number of rotatable bonds is 6. The van der Waals surface area contributed by atoms with Crippen LogP contribution in [0, 0.1) is 0 Å². The van der Waals surface area contributed by atoms with Crippen molar-refractivity contribution >= 4 is 35.8 Å². The summed E-state index contributed by atoms with van der Waals surface area (Å²) in [5.41, 5.74) is 2.38. The van der Waals surface area contributed by atoms with Crippen molar-refractivity contribution in [2.45, 2.75) is 20.1 Å². The van der Waals surface area contributed by atoms with Crippen molar-refractivity contribution < 1.29 is 4.74 Å². The molecule has 0 amide bonds. The molecule has 1 aliphatic rings. The zero-order valence-electron chi connectivity index (χ0n) is 16.7. The van der Waals surface area contributed by atoms with Gasteiger partial charge in [-0.25, -0.2) is 9.98 Å². The SMILES string of the molecule is CCNC(=NCc1cccc(COC)c1)N1CCN(c2ccccn2)CC1.I. The average molecular weight is 495 g/mol. The predicted octanol–water partition coefficient (Wildman–Crippen LogP) is 3.13. The highest BCUT2D eigenvalue weighted by Crippen LogP contribution is 2.13. The van der Waals surface area contributed by atoms with E-state index in [-0.39, 0.29) is 24.0 Å². The Morgan fingerprint density at radius 1 is 1.11 bits per heavy atom. The molecule has 0 saturated carbocycles. The largest absolute Gasteiger partial charge is 0.380 e. The summed E-state index contributed by atoms with van der Waals surface area (Å²) >= 11 is 0. The zero-order chi connectivity index (χ0) is 18.9. The van der Waals surface area contributed by atoms with Gasteiger partial charge in [-0.2, -0.15) is 0 Å². The van der Waals surface area contributed by atoms with Gasteiger partial charge in [0.1, 0.15) is 5.82 Å². The lowest BCUT2D eigenvalue weighted by Gasteiger charge is -2.37. The van der Waals surface area contributed by atoms with Crippen LogP contribution < -0.4 is 10.2 Å². The van der Waals surface area contributed by atoms with E-state index in [9.17, 15) is 0 Å². The molecular formula is C21H30IN5O. The van der Waals surface area contributed by atoms with Gasteiger partial charge in [0.05, 0.1) is 13.2 Å². The molecule has 2 aromatic rings. The number of nitrogens with zero attached hydrogens (tertiary/aromatic N) is 4.